The van der Waals surface area contributed by atoms with Crippen LogP contribution in [-0.2, 0) is 16.1 Å². The molecule has 0 bridgehead atoms. The van der Waals surface area contributed by atoms with Crippen molar-refractivity contribution in [3.63, 3.8) is 0 Å². The molecule has 7 atom stereocenters. The maximum absolute atomic E-state index is 10.5. The Morgan fingerprint density at radius 1 is 1.00 bits per heavy atom. The molecule has 24 heavy (non-hydrogen) atoms. The van der Waals surface area contributed by atoms with Crippen molar-refractivity contribution in [3.05, 3.63) is 56.8 Å². The lowest BCUT2D eigenvalue weighted by Gasteiger charge is -2.30. The van der Waals surface area contributed by atoms with Crippen LogP contribution in [0, 0.1) is 0 Å². The van der Waals surface area contributed by atoms with Crippen molar-refractivity contribution in [1.82, 2.24) is 0 Å². The molecule has 0 radical (unpaired) electrons. The van der Waals surface area contributed by atoms with Gasteiger partial charge in [0.2, 0.25) is 0 Å². The number of azide groups is 2. The van der Waals surface area contributed by atoms with Crippen LogP contribution in [-0.4, -0.2) is 52.8 Å². The van der Waals surface area contributed by atoms with E-state index >= 15 is 0 Å². The average Bonchev–Trinajstić information content (AvgIpc) is 3.38. The molecule has 3 rings (SSSR count). The SMILES string of the molecule is [N-]=[N+]=N[C@@H]1[C@@H]2O[C@@H]2[C@H](N=[N+]=[N-])[C@@H](O)C(OCc2ccccc2)[C@H]1O. The minimum absolute atomic E-state index is 0.141. The molecule has 1 aromatic carbocycles. The van der Waals surface area contributed by atoms with Crippen molar-refractivity contribution in [2.45, 2.75) is 49.2 Å². The number of rotatable bonds is 5. The van der Waals surface area contributed by atoms with Crippen molar-refractivity contribution in [1.29, 1.82) is 0 Å². The highest BCUT2D eigenvalue weighted by Crippen LogP contribution is 2.40. The Hall–Kier alpha value is -2.32. The van der Waals surface area contributed by atoms with Gasteiger partial charge in [0, 0.05) is 9.82 Å². The van der Waals surface area contributed by atoms with Crippen LogP contribution in [0.4, 0.5) is 0 Å². The van der Waals surface area contributed by atoms with Gasteiger partial charge >= 0.3 is 0 Å². The third kappa shape index (κ3) is 3.15. The Morgan fingerprint density at radius 2 is 1.54 bits per heavy atom. The number of aliphatic hydroxyl groups is 2. The highest BCUT2D eigenvalue weighted by atomic mass is 16.6. The van der Waals surface area contributed by atoms with Crippen LogP contribution in [0.5, 0.6) is 0 Å². The highest BCUT2D eigenvalue weighted by Gasteiger charge is 2.59. The molecule has 1 unspecified atom stereocenters. The van der Waals surface area contributed by atoms with E-state index in [0.717, 1.165) is 5.56 Å². The monoisotopic (exact) mass is 332 g/mol. The largest absolute Gasteiger partial charge is 0.390 e. The fourth-order valence-electron chi connectivity index (χ4n) is 3.02. The Labute approximate surface area is 136 Å². The van der Waals surface area contributed by atoms with Crippen molar-refractivity contribution < 1.29 is 19.7 Å². The molecule has 1 saturated heterocycles. The van der Waals surface area contributed by atoms with Crippen molar-refractivity contribution in [2.24, 2.45) is 10.2 Å². The maximum atomic E-state index is 10.5. The summed E-state index contributed by atoms with van der Waals surface area (Å²) in [6.07, 6.45) is -4.85. The molecule has 1 saturated carbocycles. The molecular weight excluding hydrogens is 316 g/mol. The van der Waals surface area contributed by atoms with Crippen LogP contribution in [0.15, 0.2) is 40.6 Å². The molecule has 2 aliphatic rings. The van der Waals surface area contributed by atoms with Crippen LogP contribution >= 0.6 is 0 Å². The lowest BCUT2D eigenvalue weighted by atomic mass is 10.0. The van der Waals surface area contributed by atoms with E-state index in [4.69, 9.17) is 20.5 Å². The molecule has 10 nitrogen and oxygen atoms in total. The standard InChI is InChI=1S/C14H16N6O4/c15-19-17-8-10(21)14(23-6-7-4-2-1-3-5-7)11(22)9(18-20-16)13-12(8)24-13/h1-5,8-14,21-22H,6H2/t8-,9+,10-,11+,12-,13+,14?. The molecule has 1 aromatic rings. The number of fused-ring (bicyclic) bond motifs is 1. The Morgan fingerprint density at radius 3 is 2.04 bits per heavy atom. The molecule has 0 amide bonds. The van der Waals surface area contributed by atoms with E-state index in [1.54, 1.807) is 0 Å². The molecule has 2 fully saturated rings. The van der Waals surface area contributed by atoms with Gasteiger partial charge in [-0.1, -0.05) is 40.6 Å². The van der Waals surface area contributed by atoms with Crippen LogP contribution in [0.2, 0.25) is 0 Å². The summed E-state index contributed by atoms with van der Waals surface area (Å²) in [4.78, 5) is 5.44. The number of ether oxygens (including phenoxy) is 2. The summed E-state index contributed by atoms with van der Waals surface area (Å²) in [6, 6.07) is 7.38. The van der Waals surface area contributed by atoms with Crippen molar-refractivity contribution >= 4 is 0 Å². The minimum atomic E-state index is -1.28. The van der Waals surface area contributed by atoms with E-state index < -0.39 is 42.6 Å². The number of epoxide rings is 1. The Bertz CT molecular complexity index is 639. The summed E-state index contributed by atoms with van der Waals surface area (Å²) < 4.78 is 11.0. The molecule has 1 aliphatic heterocycles. The van der Waals surface area contributed by atoms with Gasteiger partial charge in [-0.05, 0) is 16.6 Å². The second kappa shape index (κ2) is 7.06. The fraction of sp³-hybridized carbons (Fsp3) is 0.571. The summed E-state index contributed by atoms with van der Waals surface area (Å²) >= 11 is 0. The molecule has 126 valence electrons. The van der Waals surface area contributed by atoms with Gasteiger partial charge in [-0.15, -0.1) is 0 Å². The van der Waals surface area contributed by atoms with Crippen LogP contribution in [0.25, 0.3) is 20.9 Å². The van der Waals surface area contributed by atoms with Crippen molar-refractivity contribution in [2.75, 3.05) is 0 Å². The lowest BCUT2D eigenvalue weighted by Crippen LogP contribution is -2.48. The number of benzene rings is 1. The van der Waals surface area contributed by atoms with Crippen molar-refractivity contribution in [3.8, 4) is 0 Å². The summed E-state index contributed by atoms with van der Waals surface area (Å²) in [5.74, 6) is 0. The third-order valence-corrected chi connectivity index (χ3v) is 4.26. The van der Waals surface area contributed by atoms with Crippen LogP contribution in [0.1, 0.15) is 5.56 Å². The average molecular weight is 332 g/mol. The number of aliphatic hydroxyl groups excluding tert-OH is 2. The van der Waals surface area contributed by atoms with Gasteiger partial charge in [0.1, 0.15) is 6.10 Å². The maximum Gasteiger partial charge on any atom is 0.111 e. The minimum Gasteiger partial charge on any atom is -0.390 e. The molecule has 2 N–H and O–H groups in total. The zero-order chi connectivity index (χ0) is 17.1. The Kier molecular flexibility index (Phi) is 4.86. The van der Waals surface area contributed by atoms with E-state index in [-0.39, 0.29) is 6.61 Å². The molecule has 0 spiro atoms. The smallest absolute Gasteiger partial charge is 0.111 e. The molecule has 0 aromatic heterocycles. The van der Waals surface area contributed by atoms with Gasteiger partial charge in [0.15, 0.2) is 0 Å². The second-order valence-electron chi connectivity index (χ2n) is 5.70. The van der Waals surface area contributed by atoms with Gasteiger partial charge < -0.3 is 19.7 Å². The second-order valence-corrected chi connectivity index (χ2v) is 5.70. The van der Waals surface area contributed by atoms with E-state index in [9.17, 15) is 10.2 Å². The van der Waals surface area contributed by atoms with Crippen LogP contribution < -0.4 is 0 Å². The predicted molar refractivity (Wildman–Crippen MR) is 81.6 cm³/mol. The first kappa shape index (κ1) is 16.5. The summed E-state index contributed by atoms with van der Waals surface area (Å²) in [5, 5.41) is 28.1. The summed E-state index contributed by atoms with van der Waals surface area (Å²) in [5.41, 5.74) is 18.3. The van der Waals surface area contributed by atoms with E-state index in [1.165, 1.54) is 0 Å². The van der Waals surface area contributed by atoms with E-state index in [0.29, 0.717) is 0 Å². The van der Waals surface area contributed by atoms with Crippen LogP contribution in [0.3, 0.4) is 0 Å². The normalized spacial score (nSPS) is 37.3. The summed E-state index contributed by atoms with van der Waals surface area (Å²) in [7, 11) is 0. The van der Waals surface area contributed by atoms with E-state index in [1.807, 2.05) is 30.3 Å². The molecular formula is C14H16N6O4. The first-order valence-corrected chi connectivity index (χ1v) is 7.43. The predicted octanol–water partition coefficient (Wildman–Crippen LogP) is 1.43. The highest BCUT2D eigenvalue weighted by molar-refractivity contribution is 5.15. The summed E-state index contributed by atoms with van der Waals surface area (Å²) in [6.45, 7) is 0.141. The zero-order valence-electron chi connectivity index (χ0n) is 12.5. The number of hydrogen-bond donors (Lipinski definition) is 2. The van der Waals surface area contributed by atoms with Gasteiger partial charge in [0.25, 0.3) is 0 Å². The van der Waals surface area contributed by atoms with Gasteiger partial charge in [-0.2, -0.15) is 0 Å². The molecule has 1 aliphatic carbocycles. The fourth-order valence-corrected chi connectivity index (χ4v) is 3.02. The first-order valence-electron chi connectivity index (χ1n) is 7.43. The third-order valence-electron chi connectivity index (χ3n) is 4.26. The quantitative estimate of drug-likeness (QED) is 0.361. The number of hydrogen-bond acceptors (Lipinski definition) is 6. The van der Waals surface area contributed by atoms with Gasteiger partial charge in [0.05, 0.1) is 43.1 Å². The Balaban J connectivity index is 1.83. The zero-order valence-corrected chi connectivity index (χ0v) is 12.5. The number of nitrogens with zero attached hydrogens (tertiary/aromatic N) is 6. The first-order chi connectivity index (χ1) is 11.7. The van der Waals surface area contributed by atoms with E-state index in [2.05, 4.69) is 20.1 Å². The van der Waals surface area contributed by atoms with Gasteiger partial charge in [-0.25, -0.2) is 0 Å². The van der Waals surface area contributed by atoms with Gasteiger partial charge in [-0.3, -0.25) is 0 Å². The lowest BCUT2D eigenvalue weighted by molar-refractivity contribution is -0.120. The topological polar surface area (TPSA) is 160 Å². The molecule has 1 heterocycles. The molecule has 10 heteroatoms.